The quantitative estimate of drug-likeness (QED) is 0.754. The Morgan fingerprint density at radius 1 is 1.15 bits per heavy atom. The number of benzene rings is 1. The number of esters is 1. The first-order valence-electron chi connectivity index (χ1n) is 6.27. The van der Waals surface area contributed by atoms with Crippen LogP contribution in [0.15, 0.2) is 24.3 Å². The van der Waals surface area contributed by atoms with E-state index in [2.05, 4.69) is 5.32 Å². The van der Waals surface area contributed by atoms with Gasteiger partial charge in [-0.3, -0.25) is 14.4 Å². The number of nitrogens with one attached hydrogen (secondary N) is 1. The molecule has 0 aliphatic heterocycles. The Morgan fingerprint density at radius 3 is 2.20 bits per heavy atom. The summed E-state index contributed by atoms with van der Waals surface area (Å²) in [5.74, 6) is -1.23. The molecule has 0 heterocycles. The van der Waals surface area contributed by atoms with Gasteiger partial charge < -0.3 is 15.8 Å². The molecule has 0 spiro atoms. The van der Waals surface area contributed by atoms with E-state index in [0.29, 0.717) is 11.1 Å². The van der Waals surface area contributed by atoms with Crippen LogP contribution in [0.3, 0.4) is 0 Å². The molecular formula is C14H18N2O4. The molecule has 0 aromatic heterocycles. The molecule has 20 heavy (non-hydrogen) atoms. The number of carbonyl (C=O) groups is 3. The highest BCUT2D eigenvalue weighted by Crippen LogP contribution is 2.03. The van der Waals surface area contributed by atoms with Gasteiger partial charge in [-0.15, -0.1) is 0 Å². The Hall–Kier alpha value is -2.37. The van der Waals surface area contributed by atoms with Crippen molar-refractivity contribution in [2.24, 2.45) is 5.73 Å². The molecular weight excluding hydrogens is 260 g/mol. The second kappa shape index (κ2) is 7.28. The van der Waals surface area contributed by atoms with Gasteiger partial charge in [0.15, 0.2) is 0 Å². The van der Waals surface area contributed by atoms with E-state index in [4.69, 9.17) is 10.5 Å². The van der Waals surface area contributed by atoms with Gasteiger partial charge in [0, 0.05) is 17.7 Å². The van der Waals surface area contributed by atoms with Crippen molar-refractivity contribution in [2.75, 3.05) is 6.54 Å². The van der Waals surface area contributed by atoms with Crippen LogP contribution in [0.25, 0.3) is 0 Å². The van der Waals surface area contributed by atoms with Crippen molar-refractivity contribution >= 4 is 17.8 Å². The summed E-state index contributed by atoms with van der Waals surface area (Å²) in [6.07, 6.45) is -0.0527. The van der Waals surface area contributed by atoms with Crippen molar-refractivity contribution < 1.29 is 19.1 Å². The first-order chi connectivity index (χ1) is 9.40. The highest BCUT2D eigenvalue weighted by molar-refractivity contribution is 5.97. The Balaban J connectivity index is 2.43. The third-order valence-corrected chi connectivity index (χ3v) is 2.41. The third kappa shape index (κ3) is 5.09. The Labute approximate surface area is 117 Å². The SMILES string of the molecule is CC(C)OC(=O)CCNC(=O)c1ccc(C(N)=O)cc1. The van der Waals surface area contributed by atoms with Crippen molar-refractivity contribution in [1.82, 2.24) is 5.32 Å². The fourth-order valence-electron chi connectivity index (χ4n) is 1.49. The van der Waals surface area contributed by atoms with Crippen LogP contribution in [-0.4, -0.2) is 30.4 Å². The number of nitrogens with two attached hydrogens (primary N) is 1. The molecule has 0 fully saturated rings. The number of rotatable bonds is 6. The summed E-state index contributed by atoms with van der Waals surface area (Å²) < 4.78 is 4.94. The summed E-state index contributed by atoms with van der Waals surface area (Å²) in [6.45, 7) is 3.72. The van der Waals surface area contributed by atoms with E-state index in [9.17, 15) is 14.4 Å². The Kier molecular flexibility index (Phi) is 5.71. The molecule has 1 rings (SSSR count). The first kappa shape index (κ1) is 15.7. The van der Waals surface area contributed by atoms with Crippen LogP contribution >= 0.6 is 0 Å². The normalized spacial score (nSPS) is 10.2. The third-order valence-electron chi connectivity index (χ3n) is 2.41. The van der Waals surface area contributed by atoms with Gasteiger partial charge in [0.1, 0.15) is 0 Å². The Morgan fingerprint density at radius 2 is 1.70 bits per heavy atom. The van der Waals surface area contributed by atoms with Crippen molar-refractivity contribution in [3.8, 4) is 0 Å². The van der Waals surface area contributed by atoms with Gasteiger partial charge in [-0.25, -0.2) is 0 Å². The summed E-state index contributed by atoms with van der Waals surface area (Å²) in [5, 5.41) is 2.60. The predicted octanol–water partition coefficient (Wildman–Crippen LogP) is 0.857. The zero-order valence-electron chi connectivity index (χ0n) is 11.5. The van der Waals surface area contributed by atoms with Gasteiger partial charge in [-0.1, -0.05) is 0 Å². The zero-order valence-corrected chi connectivity index (χ0v) is 11.5. The molecule has 0 saturated heterocycles. The zero-order chi connectivity index (χ0) is 15.1. The summed E-state index contributed by atoms with van der Waals surface area (Å²) in [7, 11) is 0. The lowest BCUT2D eigenvalue weighted by molar-refractivity contribution is -0.147. The number of primary amides is 1. The molecule has 0 bridgehead atoms. The maximum Gasteiger partial charge on any atom is 0.307 e. The molecule has 6 heteroatoms. The van der Waals surface area contributed by atoms with Crippen molar-refractivity contribution in [3.63, 3.8) is 0 Å². The fraction of sp³-hybridized carbons (Fsp3) is 0.357. The summed E-state index contributed by atoms with van der Waals surface area (Å²) in [4.78, 5) is 33.9. The molecule has 3 N–H and O–H groups in total. The average Bonchev–Trinajstić information content (AvgIpc) is 2.37. The molecule has 0 atom stereocenters. The number of hydrogen-bond acceptors (Lipinski definition) is 4. The summed E-state index contributed by atoms with van der Waals surface area (Å²) >= 11 is 0. The van der Waals surface area contributed by atoms with Crippen LogP contribution in [-0.2, 0) is 9.53 Å². The summed E-state index contributed by atoms with van der Waals surface area (Å²) in [6, 6.07) is 5.96. The van der Waals surface area contributed by atoms with Gasteiger partial charge in [-0.2, -0.15) is 0 Å². The maximum absolute atomic E-state index is 11.8. The number of amides is 2. The summed E-state index contributed by atoms with van der Waals surface area (Å²) in [5.41, 5.74) is 5.83. The molecule has 0 aliphatic rings. The lowest BCUT2D eigenvalue weighted by atomic mass is 10.1. The highest BCUT2D eigenvalue weighted by Gasteiger charge is 2.09. The minimum absolute atomic E-state index is 0.114. The van der Waals surface area contributed by atoms with Crippen LogP contribution in [0.5, 0.6) is 0 Å². The van der Waals surface area contributed by atoms with Crippen LogP contribution in [0.2, 0.25) is 0 Å². The molecule has 0 saturated carbocycles. The minimum Gasteiger partial charge on any atom is -0.463 e. The molecule has 1 aromatic carbocycles. The molecule has 0 radical (unpaired) electrons. The minimum atomic E-state index is -0.548. The number of carbonyl (C=O) groups excluding carboxylic acids is 3. The van der Waals surface area contributed by atoms with E-state index in [1.165, 1.54) is 24.3 Å². The first-order valence-corrected chi connectivity index (χ1v) is 6.27. The van der Waals surface area contributed by atoms with E-state index in [-0.39, 0.29) is 30.9 Å². The van der Waals surface area contributed by atoms with E-state index in [1.54, 1.807) is 13.8 Å². The lowest BCUT2D eigenvalue weighted by Gasteiger charge is -2.08. The van der Waals surface area contributed by atoms with Gasteiger partial charge >= 0.3 is 5.97 Å². The second-order valence-corrected chi connectivity index (χ2v) is 4.49. The van der Waals surface area contributed by atoms with Crippen molar-refractivity contribution in [3.05, 3.63) is 35.4 Å². The molecule has 1 aromatic rings. The largest absolute Gasteiger partial charge is 0.463 e. The topological polar surface area (TPSA) is 98.5 Å². The van der Waals surface area contributed by atoms with Crippen molar-refractivity contribution in [2.45, 2.75) is 26.4 Å². The van der Waals surface area contributed by atoms with Gasteiger partial charge in [0.2, 0.25) is 5.91 Å². The molecule has 0 unspecified atom stereocenters. The highest BCUT2D eigenvalue weighted by atomic mass is 16.5. The Bertz CT molecular complexity index is 494. The predicted molar refractivity (Wildman–Crippen MR) is 73.1 cm³/mol. The molecule has 108 valence electrons. The standard InChI is InChI=1S/C14H18N2O4/c1-9(2)20-12(17)7-8-16-14(19)11-5-3-10(4-6-11)13(15)18/h3-6,9H,7-8H2,1-2H3,(H2,15,18)(H,16,19). The maximum atomic E-state index is 11.8. The van der Waals surface area contributed by atoms with E-state index < -0.39 is 5.91 Å². The lowest BCUT2D eigenvalue weighted by Crippen LogP contribution is -2.27. The second-order valence-electron chi connectivity index (χ2n) is 4.49. The van der Waals surface area contributed by atoms with E-state index in [1.807, 2.05) is 0 Å². The van der Waals surface area contributed by atoms with E-state index in [0.717, 1.165) is 0 Å². The monoisotopic (exact) mass is 278 g/mol. The molecule has 2 amide bonds. The van der Waals surface area contributed by atoms with E-state index >= 15 is 0 Å². The van der Waals surface area contributed by atoms with Gasteiger partial charge in [0.25, 0.3) is 5.91 Å². The molecule has 6 nitrogen and oxygen atoms in total. The molecule has 0 aliphatic carbocycles. The van der Waals surface area contributed by atoms with Crippen LogP contribution < -0.4 is 11.1 Å². The van der Waals surface area contributed by atoms with Crippen LogP contribution in [0.4, 0.5) is 0 Å². The number of hydrogen-bond donors (Lipinski definition) is 2. The van der Waals surface area contributed by atoms with Crippen LogP contribution in [0.1, 0.15) is 41.0 Å². The number of ether oxygens (including phenoxy) is 1. The van der Waals surface area contributed by atoms with Gasteiger partial charge in [0.05, 0.1) is 12.5 Å². The van der Waals surface area contributed by atoms with Crippen molar-refractivity contribution in [1.29, 1.82) is 0 Å². The fourth-order valence-corrected chi connectivity index (χ4v) is 1.49. The van der Waals surface area contributed by atoms with Gasteiger partial charge in [-0.05, 0) is 38.1 Å². The smallest absolute Gasteiger partial charge is 0.307 e. The van der Waals surface area contributed by atoms with Crippen LogP contribution in [0, 0.1) is 0 Å². The average molecular weight is 278 g/mol.